The van der Waals surface area contributed by atoms with Crippen LogP contribution in [0.1, 0.15) is 51.9 Å². The molecule has 0 heterocycles. The summed E-state index contributed by atoms with van der Waals surface area (Å²) in [6.07, 6.45) is 11.0. The fraction of sp³-hybridized carbons (Fsp3) is 0.769. The molecular formula is C13H26IN3. The zero-order chi connectivity index (χ0) is 11.6. The molecule has 0 aromatic carbocycles. The van der Waals surface area contributed by atoms with Gasteiger partial charge >= 0.3 is 0 Å². The van der Waals surface area contributed by atoms with Gasteiger partial charge in [0, 0.05) is 13.1 Å². The Labute approximate surface area is 122 Å². The SMILES string of the molecule is CCCCN=C(N)NCCC1=CCCCC1.I. The maximum absolute atomic E-state index is 5.75. The van der Waals surface area contributed by atoms with Crippen molar-refractivity contribution in [2.45, 2.75) is 51.9 Å². The maximum Gasteiger partial charge on any atom is 0.188 e. The first-order chi connectivity index (χ1) is 7.83. The van der Waals surface area contributed by atoms with E-state index in [0.717, 1.165) is 25.9 Å². The van der Waals surface area contributed by atoms with Crippen molar-refractivity contribution in [3.8, 4) is 0 Å². The van der Waals surface area contributed by atoms with Crippen molar-refractivity contribution >= 4 is 29.9 Å². The van der Waals surface area contributed by atoms with Crippen molar-refractivity contribution in [2.24, 2.45) is 10.7 Å². The zero-order valence-electron chi connectivity index (χ0n) is 10.9. The lowest BCUT2D eigenvalue weighted by Crippen LogP contribution is -2.32. The fourth-order valence-electron chi connectivity index (χ4n) is 1.90. The number of aliphatic imine (C=N–C) groups is 1. The molecule has 1 aliphatic carbocycles. The number of nitrogens with zero attached hydrogens (tertiary/aromatic N) is 1. The molecule has 100 valence electrons. The molecule has 0 amide bonds. The fourth-order valence-corrected chi connectivity index (χ4v) is 1.90. The highest BCUT2D eigenvalue weighted by atomic mass is 127. The minimum absolute atomic E-state index is 0. The quantitative estimate of drug-likeness (QED) is 0.254. The second-order valence-electron chi connectivity index (χ2n) is 4.41. The van der Waals surface area contributed by atoms with Gasteiger partial charge in [0.25, 0.3) is 0 Å². The monoisotopic (exact) mass is 351 g/mol. The average Bonchev–Trinajstić information content (AvgIpc) is 2.31. The summed E-state index contributed by atoms with van der Waals surface area (Å²) in [6, 6.07) is 0. The van der Waals surface area contributed by atoms with Crippen molar-refractivity contribution < 1.29 is 0 Å². The average molecular weight is 351 g/mol. The van der Waals surface area contributed by atoms with E-state index in [2.05, 4.69) is 23.3 Å². The minimum Gasteiger partial charge on any atom is -0.370 e. The van der Waals surface area contributed by atoms with Crippen molar-refractivity contribution in [3.05, 3.63) is 11.6 Å². The number of hydrogen-bond acceptors (Lipinski definition) is 1. The van der Waals surface area contributed by atoms with Gasteiger partial charge < -0.3 is 11.1 Å². The Hall–Kier alpha value is -0.260. The molecule has 1 aliphatic rings. The minimum atomic E-state index is 0. The second kappa shape index (κ2) is 10.9. The first-order valence-electron chi connectivity index (χ1n) is 6.54. The summed E-state index contributed by atoms with van der Waals surface area (Å²) in [5, 5.41) is 3.18. The third kappa shape index (κ3) is 8.46. The Balaban J connectivity index is 0.00000256. The largest absolute Gasteiger partial charge is 0.370 e. The molecule has 1 rings (SSSR count). The summed E-state index contributed by atoms with van der Waals surface area (Å²) in [6.45, 7) is 3.93. The first-order valence-corrected chi connectivity index (χ1v) is 6.54. The Morgan fingerprint density at radius 2 is 2.29 bits per heavy atom. The van der Waals surface area contributed by atoms with Crippen molar-refractivity contribution in [2.75, 3.05) is 13.1 Å². The highest BCUT2D eigenvalue weighted by Crippen LogP contribution is 2.19. The Bertz CT molecular complexity index is 249. The lowest BCUT2D eigenvalue weighted by molar-refractivity contribution is 0.667. The van der Waals surface area contributed by atoms with Gasteiger partial charge in [-0.05, 0) is 38.5 Å². The third-order valence-corrected chi connectivity index (χ3v) is 2.93. The van der Waals surface area contributed by atoms with Gasteiger partial charge in [-0.15, -0.1) is 24.0 Å². The lowest BCUT2D eigenvalue weighted by atomic mass is 9.97. The van der Waals surface area contributed by atoms with Gasteiger partial charge in [-0.3, -0.25) is 4.99 Å². The van der Waals surface area contributed by atoms with E-state index in [0.29, 0.717) is 5.96 Å². The van der Waals surface area contributed by atoms with Gasteiger partial charge in [0.05, 0.1) is 0 Å². The molecule has 3 nitrogen and oxygen atoms in total. The van der Waals surface area contributed by atoms with Crippen LogP contribution >= 0.6 is 24.0 Å². The van der Waals surface area contributed by atoms with Gasteiger partial charge in [-0.1, -0.05) is 25.0 Å². The molecule has 4 heteroatoms. The normalized spacial score (nSPS) is 16.1. The summed E-state index contributed by atoms with van der Waals surface area (Å²) in [7, 11) is 0. The van der Waals surface area contributed by atoms with Gasteiger partial charge in [-0.25, -0.2) is 0 Å². The number of unbranched alkanes of at least 4 members (excludes halogenated alkanes) is 1. The highest BCUT2D eigenvalue weighted by molar-refractivity contribution is 14.0. The van der Waals surface area contributed by atoms with Gasteiger partial charge in [0.1, 0.15) is 0 Å². The second-order valence-corrected chi connectivity index (χ2v) is 4.41. The van der Waals surface area contributed by atoms with E-state index >= 15 is 0 Å². The number of rotatable bonds is 6. The molecule has 0 aliphatic heterocycles. The van der Waals surface area contributed by atoms with Crippen LogP contribution < -0.4 is 11.1 Å². The Morgan fingerprint density at radius 3 is 2.94 bits per heavy atom. The van der Waals surface area contributed by atoms with Gasteiger partial charge in [0.15, 0.2) is 5.96 Å². The summed E-state index contributed by atoms with van der Waals surface area (Å²) in [5.41, 5.74) is 7.33. The number of guanidine groups is 1. The summed E-state index contributed by atoms with van der Waals surface area (Å²) >= 11 is 0. The number of nitrogens with two attached hydrogens (primary N) is 1. The zero-order valence-corrected chi connectivity index (χ0v) is 13.2. The predicted molar refractivity (Wildman–Crippen MR) is 86.0 cm³/mol. The van der Waals surface area contributed by atoms with Crippen LogP contribution in [-0.4, -0.2) is 19.0 Å². The number of nitrogens with one attached hydrogen (secondary N) is 1. The van der Waals surface area contributed by atoms with E-state index < -0.39 is 0 Å². The van der Waals surface area contributed by atoms with E-state index in [4.69, 9.17) is 5.73 Å². The molecule has 0 aromatic rings. The van der Waals surface area contributed by atoms with E-state index in [1.54, 1.807) is 5.57 Å². The lowest BCUT2D eigenvalue weighted by Gasteiger charge is -2.13. The van der Waals surface area contributed by atoms with Gasteiger partial charge in [0.2, 0.25) is 0 Å². The number of halogens is 1. The van der Waals surface area contributed by atoms with E-state index in [-0.39, 0.29) is 24.0 Å². The van der Waals surface area contributed by atoms with Crippen LogP contribution in [0.4, 0.5) is 0 Å². The molecule has 0 saturated carbocycles. The number of hydrogen-bond donors (Lipinski definition) is 2. The smallest absolute Gasteiger partial charge is 0.188 e. The van der Waals surface area contributed by atoms with Crippen molar-refractivity contribution in [3.63, 3.8) is 0 Å². The Morgan fingerprint density at radius 1 is 1.47 bits per heavy atom. The maximum atomic E-state index is 5.75. The van der Waals surface area contributed by atoms with Crippen LogP contribution in [0, 0.1) is 0 Å². The molecule has 0 spiro atoms. The number of allylic oxidation sites excluding steroid dienone is 1. The molecule has 0 aromatic heterocycles. The van der Waals surface area contributed by atoms with Crippen LogP contribution in [0.2, 0.25) is 0 Å². The van der Waals surface area contributed by atoms with Crippen LogP contribution in [0.15, 0.2) is 16.6 Å². The predicted octanol–water partition coefficient (Wildman–Crippen LogP) is 3.20. The van der Waals surface area contributed by atoms with Crippen LogP contribution in [0.3, 0.4) is 0 Å². The molecule has 0 unspecified atom stereocenters. The molecule has 0 radical (unpaired) electrons. The topological polar surface area (TPSA) is 50.4 Å². The standard InChI is InChI=1S/C13H25N3.HI/c1-2-3-10-15-13(14)16-11-9-12-7-5-4-6-8-12;/h7H,2-6,8-11H2,1H3,(H3,14,15,16);1H. The molecule has 0 fully saturated rings. The van der Waals surface area contributed by atoms with Crippen LogP contribution in [0.5, 0.6) is 0 Å². The van der Waals surface area contributed by atoms with Crippen molar-refractivity contribution in [1.82, 2.24) is 5.32 Å². The molecule has 3 N–H and O–H groups in total. The summed E-state index contributed by atoms with van der Waals surface area (Å²) in [5.74, 6) is 0.602. The highest BCUT2D eigenvalue weighted by Gasteiger charge is 2.02. The first kappa shape index (κ1) is 16.7. The van der Waals surface area contributed by atoms with Gasteiger partial charge in [-0.2, -0.15) is 0 Å². The van der Waals surface area contributed by atoms with E-state index in [9.17, 15) is 0 Å². The van der Waals surface area contributed by atoms with Crippen molar-refractivity contribution in [1.29, 1.82) is 0 Å². The molecule has 0 bridgehead atoms. The Kier molecular flexibility index (Phi) is 10.7. The van der Waals surface area contributed by atoms with E-state index in [1.807, 2.05) is 0 Å². The molecular weight excluding hydrogens is 325 g/mol. The third-order valence-electron chi connectivity index (χ3n) is 2.93. The van der Waals surface area contributed by atoms with Crippen LogP contribution in [-0.2, 0) is 0 Å². The molecule has 0 saturated heterocycles. The molecule has 17 heavy (non-hydrogen) atoms. The van der Waals surface area contributed by atoms with Crippen LogP contribution in [0.25, 0.3) is 0 Å². The van der Waals surface area contributed by atoms with E-state index in [1.165, 1.54) is 32.1 Å². The summed E-state index contributed by atoms with van der Waals surface area (Å²) < 4.78 is 0. The summed E-state index contributed by atoms with van der Waals surface area (Å²) in [4.78, 5) is 4.26. The molecule has 0 atom stereocenters.